The lowest BCUT2D eigenvalue weighted by Gasteiger charge is -2.28. The largest absolute Gasteiger partial charge is 0.316 e. The molecule has 2 aliphatic carbocycles. The van der Waals surface area contributed by atoms with E-state index in [1.807, 2.05) is 0 Å². The first-order valence-electron chi connectivity index (χ1n) is 4.44. The number of nitrogens with one attached hydrogen (secondary N) is 1. The van der Waals surface area contributed by atoms with Crippen LogP contribution in [0.3, 0.4) is 0 Å². The van der Waals surface area contributed by atoms with Crippen molar-refractivity contribution in [2.45, 2.75) is 38.6 Å². The van der Waals surface area contributed by atoms with E-state index in [9.17, 15) is 0 Å². The summed E-state index contributed by atoms with van der Waals surface area (Å²) >= 11 is 0. The summed E-state index contributed by atoms with van der Waals surface area (Å²) in [6.45, 7) is 2.44. The molecule has 0 aromatic heterocycles. The standard InChI is InChI=1S/C9H17N/c1-9-6-7(9)4-3-5-8(9)10-2/h7-8,10H,3-6H2,1-2H3. The Balaban J connectivity index is 2.06. The highest BCUT2D eigenvalue weighted by Gasteiger charge is 2.55. The van der Waals surface area contributed by atoms with Crippen LogP contribution in [0, 0.1) is 11.3 Å². The van der Waals surface area contributed by atoms with Crippen molar-refractivity contribution in [1.29, 1.82) is 0 Å². The lowest BCUT2D eigenvalue weighted by Crippen LogP contribution is -2.36. The fourth-order valence-electron chi connectivity index (χ4n) is 2.70. The number of fused-ring (bicyclic) bond motifs is 1. The van der Waals surface area contributed by atoms with Crippen molar-refractivity contribution in [2.24, 2.45) is 11.3 Å². The summed E-state index contributed by atoms with van der Waals surface area (Å²) in [6, 6.07) is 0.825. The van der Waals surface area contributed by atoms with Gasteiger partial charge in [-0.2, -0.15) is 0 Å². The zero-order chi connectivity index (χ0) is 7.19. The van der Waals surface area contributed by atoms with Gasteiger partial charge in [0.2, 0.25) is 0 Å². The monoisotopic (exact) mass is 139 g/mol. The molecular weight excluding hydrogens is 122 g/mol. The Morgan fingerprint density at radius 2 is 2.20 bits per heavy atom. The summed E-state index contributed by atoms with van der Waals surface area (Å²) in [4.78, 5) is 0. The molecule has 0 bridgehead atoms. The van der Waals surface area contributed by atoms with Gasteiger partial charge in [0.15, 0.2) is 0 Å². The molecule has 0 spiro atoms. The third-order valence-corrected chi connectivity index (χ3v) is 3.65. The normalized spacial score (nSPS) is 52.2. The molecule has 0 aromatic rings. The molecule has 2 aliphatic rings. The van der Waals surface area contributed by atoms with Crippen LogP contribution < -0.4 is 5.32 Å². The molecule has 3 unspecified atom stereocenters. The van der Waals surface area contributed by atoms with Crippen LogP contribution in [0.15, 0.2) is 0 Å². The van der Waals surface area contributed by atoms with Crippen molar-refractivity contribution < 1.29 is 0 Å². The molecule has 1 heteroatoms. The Bertz CT molecular complexity index is 144. The number of hydrogen-bond donors (Lipinski definition) is 1. The van der Waals surface area contributed by atoms with Gasteiger partial charge >= 0.3 is 0 Å². The van der Waals surface area contributed by atoms with Gasteiger partial charge in [0.1, 0.15) is 0 Å². The van der Waals surface area contributed by atoms with Crippen LogP contribution in [0.5, 0.6) is 0 Å². The zero-order valence-corrected chi connectivity index (χ0v) is 6.98. The van der Waals surface area contributed by atoms with E-state index in [1.54, 1.807) is 0 Å². The maximum absolute atomic E-state index is 3.44. The first kappa shape index (κ1) is 6.66. The predicted octanol–water partition coefficient (Wildman–Crippen LogP) is 1.78. The van der Waals surface area contributed by atoms with Crippen LogP contribution >= 0.6 is 0 Å². The number of rotatable bonds is 1. The molecule has 0 aromatic carbocycles. The minimum Gasteiger partial charge on any atom is -0.316 e. The van der Waals surface area contributed by atoms with Gasteiger partial charge < -0.3 is 5.32 Å². The van der Waals surface area contributed by atoms with Crippen LogP contribution in [-0.2, 0) is 0 Å². The summed E-state index contributed by atoms with van der Waals surface area (Å²) < 4.78 is 0. The molecule has 1 N–H and O–H groups in total. The van der Waals surface area contributed by atoms with Crippen molar-refractivity contribution >= 4 is 0 Å². The van der Waals surface area contributed by atoms with E-state index in [-0.39, 0.29) is 0 Å². The maximum atomic E-state index is 3.44. The molecule has 2 fully saturated rings. The second-order valence-electron chi connectivity index (χ2n) is 4.18. The summed E-state index contributed by atoms with van der Waals surface area (Å²) in [5, 5.41) is 3.44. The average Bonchev–Trinajstić information content (AvgIpc) is 2.59. The predicted molar refractivity (Wildman–Crippen MR) is 42.9 cm³/mol. The fourth-order valence-corrected chi connectivity index (χ4v) is 2.70. The molecule has 0 radical (unpaired) electrons. The molecule has 0 amide bonds. The van der Waals surface area contributed by atoms with E-state index in [1.165, 1.54) is 25.7 Å². The van der Waals surface area contributed by atoms with E-state index >= 15 is 0 Å². The summed E-state index contributed by atoms with van der Waals surface area (Å²) in [5.74, 6) is 1.07. The van der Waals surface area contributed by atoms with Gasteiger partial charge in [-0.1, -0.05) is 13.3 Å². The van der Waals surface area contributed by atoms with Gasteiger partial charge in [-0.25, -0.2) is 0 Å². The van der Waals surface area contributed by atoms with Gasteiger partial charge in [0.25, 0.3) is 0 Å². The van der Waals surface area contributed by atoms with Crippen LogP contribution in [0.1, 0.15) is 32.6 Å². The summed E-state index contributed by atoms with van der Waals surface area (Å²) in [6.07, 6.45) is 5.84. The molecule has 2 saturated carbocycles. The molecule has 3 atom stereocenters. The lowest BCUT2D eigenvalue weighted by atomic mass is 9.85. The molecule has 0 aliphatic heterocycles. The molecule has 58 valence electrons. The SMILES string of the molecule is CNC1CCCC2CC21C. The summed E-state index contributed by atoms with van der Waals surface area (Å²) in [5.41, 5.74) is 0.701. The van der Waals surface area contributed by atoms with Crippen molar-refractivity contribution in [3.05, 3.63) is 0 Å². The van der Waals surface area contributed by atoms with E-state index in [0.29, 0.717) is 5.41 Å². The Hall–Kier alpha value is -0.0400. The van der Waals surface area contributed by atoms with Gasteiger partial charge in [-0.05, 0) is 37.6 Å². The minimum atomic E-state index is 0.701. The first-order valence-corrected chi connectivity index (χ1v) is 4.44. The smallest absolute Gasteiger partial charge is 0.0121 e. The van der Waals surface area contributed by atoms with Crippen molar-refractivity contribution in [3.63, 3.8) is 0 Å². The lowest BCUT2D eigenvalue weighted by molar-refractivity contribution is 0.275. The van der Waals surface area contributed by atoms with Gasteiger partial charge in [-0.3, -0.25) is 0 Å². The molecule has 10 heavy (non-hydrogen) atoms. The first-order chi connectivity index (χ1) is 4.77. The van der Waals surface area contributed by atoms with Gasteiger partial charge in [0, 0.05) is 6.04 Å². The van der Waals surface area contributed by atoms with E-state index < -0.39 is 0 Å². The molecular formula is C9H17N. The fraction of sp³-hybridized carbons (Fsp3) is 1.00. The van der Waals surface area contributed by atoms with E-state index in [0.717, 1.165) is 12.0 Å². The maximum Gasteiger partial charge on any atom is 0.0121 e. The average molecular weight is 139 g/mol. The van der Waals surface area contributed by atoms with Crippen LogP contribution in [0.2, 0.25) is 0 Å². The molecule has 0 heterocycles. The van der Waals surface area contributed by atoms with E-state index in [2.05, 4.69) is 19.3 Å². The Labute approximate surface area is 63.2 Å². The highest BCUT2D eigenvalue weighted by Crippen LogP contribution is 2.60. The number of hydrogen-bond acceptors (Lipinski definition) is 1. The quantitative estimate of drug-likeness (QED) is 0.584. The van der Waals surface area contributed by atoms with Gasteiger partial charge in [-0.15, -0.1) is 0 Å². The van der Waals surface area contributed by atoms with Crippen LogP contribution in [0.4, 0.5) is 0 Å². The van der Waals surface area contributed by atoms with Crippen molar-refractivity contribution in [1.82, 2.24) is 5.32 Å². The highest BCUT2D eigenvalue weighted by atomic mass is 14.9. The molecule has 2 rings (SSSR count). The van der Waals surface area contributed by atoms with Crippen molar-refractivity contribution in [3.8, 4) is 0 Å². The Morgan fingerprint density at radius 3 is 2.80 bits per heavy atom. The third-order valence-electron chi connectivity index (χ3n) is 3.65. The van der Waals surface area contributed by atoms with Crippen LogP contribution in [0.25, 0.3) is 0 Å². The van der Waals surface area contributed by atoms with Crippen LogP contribution in [-0.4, -0.2) is 13.1 Å². The Morgan fingerprint density at radius 1 is 1.40 bits per heavy atom. The minimum absolute atomic E-state index is 0.701. The molecule has 1 nitrogen and oxygen atoms in total. The topological polar surface area (TPSA) is 12.0 Å². The second-order valence-corrected chi connectivity index (χ2v) is 4.18. The molecule has 0 saturated heterocycles. The van der Waals surface area contributed by atoms with Gasteiger partial charge in [0.05, 0.1) is 0 Å². The van der Waals surface area contributed by atoms with E-state index in [4.69, 9.17) is 0 Å². The Kier molecular flexibility index (Phi) is 1.31. The highest BCUT2D eigenvalue weighted by molar-refractivity contribution is 5.08. The zero-order valence-electron chi connectivity index (χ0n) is 6.98. The summed E-state index contributed by atoms with van der Waals surface area (Å²) in [7, 11) is 2.11. The third kappa shape index (κ3) is 0.731. The van der Waals surface area contributed by atoms with Crippen molar-refractivity contribution in [2.75, 3.05) is 7.05 Å². The second kappa shape index (κ2) is 1.97.